The third kappa shape index (κ3) is 3.66. The molecule has 0 spiro atoms. The Morgan fingerprint density at radius 2 is 1.91 bits per heavy atom. The average molecular weight is 435 g/mol. The highest BCUT2D eigenvalue weighted by atomic mass is 19.1. The van der Waals surface area contributed by atoms with E-state index in [4.69, 9.17) is 9.15 Å². The number of rotatable bonds is 5. The highest BCUT2D eigenvalue weighted by molar-refractivity contribution is 6.51. The Balaban J connectivity index is 1.90. The molecule has 0 radical (unpaired) electrons. The van der Waals surface area contributed by atoms with Gasteiger partial charge < -0.3 is 14.3 Å². The second-order valence-corrected chi connectivity index (χ2v) is 7.51. The maximum Gasteiger partial charge on any atom is 0.300 e. The van der Waals surface area contributed by atoms with Crippen molar-refractivity contribution in [3.05, 3.63) is 88.6 Å². The van der Waals surface area contributed by atoms with Crippen LogP contribution in [0, 0.1) is 19.7 Å². The van der Waals surface area contributed by atoms with E-state index in [1.165, 1.54) is 18.2 Å². The third-order valence-electron chi connectivity index (χ3n) is 5.31. The fraction of sp³-hybridized carbons (Fsp3) is 0.200. The predicted octanol–water partition coefficient (Wildman–Crippen LogP) is 5.06. The number of halogens is 1. The molecular weight excluding hydrogens is 413 g/mol. The SMILES string of the molecule is CCOc1ccc(/C(O)=C2/C(=O)C(=O)N(c3cccc(F)c3)C2c2ccc(C)o2)cc1C. The monoisotopic (exact) mass is 435 g/mol. The molecule has 1 aliphatic heterocycles. The number of carbonyl (C=O) groups excluding carboxylic acids is 2. The van der Waals surface area contributed by atoms with Gasteiger partial charge in [0.05, 0.1) is 12.2 Å². The van der Waals surface area contributed by atoms with E-state index in [2.05, 4.69) is 0 Å². The topological polar surface area (TPSA) is 80.0 Å². The zero-order valence-corrected chi connectivity index (χ0v) is 17.9. The number of ketones is 1. The van der Waals surface area contributed by atoms with E-state index in [-0.39, 0.29) is 22.8 Å². The Kier molecular flexibility index (Phi) is 5.57. The molecular formula is C25H22FNO5. The van der Waals surface area contributed by atoms with Crippen molar-refractivity contribution in [3.63, 3.8) is 0 Å². The molecule has 1 atom stereocenters. The minimum Gasteiger partial charge on any atom is -0.507 e. The van der Waals surface area contributed by atoms with Crippen molar-refractivity contribution < 1.29 is 28.2 Å². The summed E-state index contributed by atoms with van der Waals surface area (Å²) in [5.41, 5.74) is 1.18. The number of benzene rings is 2. The predicted molar refractivity (Wildman–Crippen MR) is 117 cm³/mol. The van der Waals surface area contributed by atoms with Crippen LogP contribution in [-0.2, 0) is 9.59 Å². The minimum atomic E-state index is -1.04. The summed E-state index contributed by atoms with van der Waals surface area (Å²) in [6.45, 7) is 5.91. The molecule has 1 aromatic heterocycles. The maximum atomic E-state index is 13.9. The van der Waals surface area contributed by atoms with Crippen molar-refractivity contribution in [2.75, 3.05) is 11.5 Å². The fourth-order valence-electron chi connectivity index (χ4n) is 3.86. The fourth-order valence-corrected chi connectivity index (χ4v) is 3.86. The van der Waals surface area contributed by atoms with Gasteiger partial charge in [-0.25, -0.2) is 4.39 Å². The largest absolute Gasteiger partial charge is 0.507 e. The Hall–Kier alpha value is -3.87. The average Bonchev–Trinajstić information content (AvgIpc) is 3.30. The smallest absolute Gasteiger partial charge is 0.300 e. The first-order chi connectivity index (χ1) is 15.3. The number of hydrogen-bond acceptors (Lipinski definition) is 5. The van der Waals surface area contributed by atoms with E-state index in [0.717, 1.165) is 16.5 Å². The highest BCUT2D eigenvalue weighted by Gasteiger charge is 2.48. The van der Waals surface area contributed by atoms with E-state index in [1.807, 2.05) is 13.8 Å². The first-order valence-electron chi connectivity index (χ1n) is 10.2. The van der Waals surface area contributed by atoms with Crippen LogP contribution in [0.25, 0.3) is 5.76 Å². The summed E-state index contributed by atoms with van der Waals surface area (Å²) in [5, 5.41) is 11.1. The summed E-state index contributed by atoms with van der Waals surface area (Å²) in [6, 6.07) is 12.7. The van der Waals surface area contributed by atoms with Crippen molar-refractivity contribution in [3.8, 4) is 5.75 Å². The van der Waals surface area contributed by atoms with Crippen LogP contribution >= 0.6 is 0 Å². The van der Waals surface area contributed by atoms with Gasteiger partial charge in [0.2, 0.25) is 0 Å². The summed E-state index contributed by atoms with van der Waals surface area (Å²) in [4.78, 5) is 27.2. The van der Waals surface area contributed by atoms with Gasteiger partial charge >= 0.3 is 0 Å². The van der Waals surface area contributed by atoms with Gasteiger partial charge in [-0.3, -0.25) is 14.5 Å². The van der Waals surface area contributed by atoms with Crippen LogP contribution in [0.5, 0.6) is 5.75 Å². The van der Waals surface area contributed by atoms with Crippen molar-refractivity contribution in [1.29, 1.82) is 0 Å². The Morgan fingerprint density at radius 1 is 1.12 bits per heavy atom. The number of nitrogens with zero attached hydrogens (tertiary/aromatic N) is 1. The van der Waals surface area contributed by atoms with Crippen LogP contribution in [0.1, 0.15) is 35.6 Å². The number of carbonyl (C=O) groups is 2. The summed E-state index contributed by atoms with van der Waals surface area (Å²) < 4.78 is 25.2. The molecule has 1 saturated heterocycles. The lowest BCUT2D eigenvalue weighted by atomic mass is 9.98. The van der Waals surface area contributed by atoms with E-state index >= 15 is 0 Å². The number of Topliss-reactive ketones (excluding diaryl/α,β-unsaturated/α-hetero) is 1. The first-order valence-corrected chi connectivity index (χ1v) is 10.2. The summed E-state index contributed by atoms with van der Waals surface area (Å²) in [5.74, 6) is -1.14. The van der Waals surface area contributed by atoms with E-state index in [1.54, 1.807) is 37.3 Å². The molecule has 2 heterocycles. The van der Waals surface area contributed by atoms with Crippen LogP contribution in [0.3, 0.4) is 0 Å². The van der Waals surface area contributed by atoms with E-state index in [0.29, 0.717) is 23.7 Å². The lowest BCUT2D eigenvalue weighted by molar-refractivity contribution is -0.132. The van der Waals surface area contributed by atoms with Gasteiger partial charge in [0.15, 0.2) is 0 Å². The Morgan fingerprint density at radius 3 is 2.53 bits per heavy atom. The third-order valence-corrected chi connectivity index (χ3v) is 5.31. The van der Waals surface area contributed by atoms with Crippen LogP contribution in [0.2, 0.25) is 0 Å². The molecule has 0 aliphatic carbocycles. The molecule has 32 heavy (non-hydrogen) atoms. The molecule has 1 unspecified atom stereocenters. The molecule has 0 bridgehead atoms. The highest BCUT2D eigenvalue weighted by Crippen LogP contribution is 2.43. The molecule has 7 heteroatoms. The molecule has 164 valence electrons. The second kappa shape index (κ2) is 8.34. The van der Waals surface area contributed by atoms with Crippen LogP contribution in [0.15, 0.2) is 64.6 Å². The summed E-state index contributed by atoms with van der Waals surface area (Å²) in [7, 11) is 0. The lowest BCUT2D eigenvalue weighted by Gasteiger charge is -2.23. The van der Waals surface area contributed by atoms with Crippen molar-refractivity contribution >= 4 is 23.1 Å². The molecule has 1 aliphatic rings. The lowest BCUT2D eigenvalue weighted by Crippen LogP contribution is -2.29. The van der Waals surface area contributed by atoms with Gasteiger partial charge in [-0.05, 0) is 74.9 Å². The normalized spacial score (nSPS) is 17.8. The Labute approximate surface area is 184 Å². The Bertz CT molecular complexity index is 1240. The quantitative estimate of drug-likeness (QED) is 0.344. The number of aliphatic hydroxyl groups is 1. The van der Waals surface area contributed by atoms with Crippen molar-refractivity contribution in [2.24, 2.45) is 0 Å². The number of hydrogen-bond donors (Lipinski definition) is 1. The summed E-state index contributed by atoms with van der Waals surface area (Å²) >= 11 is 0. The molecule has 1 amide bonds. The van der Waals surface area contributed by atoms with Crippen LogP contribution in [-0.4, -0.2) is 23.4 Å². The number of aryl methyl sites for hydroxylation is 2. The molecule has 6 nitrogen and oxygen atoms in total. The molecule has 4 rings (SSSR count). The molecule has 3 aromatic rings. The van der Waals surface area contributed by atoms with Gasteiger partial charge in [0.1, 0.15) is 34.9 Å². The zero-order chi connectivity index (χ0) is 23.0. The number of aliphatic hydroxyl groups excluding tert-OH is 1. The number of furan rings is 1. The maximum absolute atomic E-state index is 13.9. The van der Waals surface area contributed by atoms with Crippen molar-refractivity contribution in [1.82, 2.24) is 0 Å². The van der Waals surface area contributed by atoms with Crippen LogP contribution < -0.4 is 9.64 Å². The van der Waals surface area contributed by atoms with Gasteiger partial charge in [-0.15, -0.1) is 0 Å². The standard InChI is InChI=1S/C25H22FNO5/c1-4-31-19-11-9-16(12-14(19)2)23(28)21-22(20-10-8-15(3)32-20)27(25(30)24(21)29)18-7-5-6-17(26)13-18/h5-13,22,28H,4H2,1-3H3/b23-21-. The van der Waals surface area contributed by atoms with E-state index in [9.17, 15) is 19.1 Å². The van der Waals surface area contributed by atoms with Crippen LogP contribution in [0.4, 0.5) is 10.1 Å². The molecule has 0 saturated carbocycles. The van der Waals surface area contributed by atoms with Gasteiger partial charge in [0.25, 0.3) is 11.7 Å². The molecule has 1 N–H and O–H groups in total. The number of ether oxygens (including phenoxy) is 1. The van der Waals surface area contributed by atoms with Gasteiger partial charge in [0, 0.05) is 11.3 Å². The first kappa shape index (κ1) is 21.4. The zero-order valence-electron chi connectivity index (χ0n) is 17.9. The van der Waals surface area contributed by atoms with E-state index < -0.39 is 23.5 Å². The van der Waals surface area contributed by atoms with Crippen molar-refractivity contribution in [2.45, 2.75) is 26.8 Å². The second-order valence-electron chi connectivity index (χ2n) is 7.51. The van der Waals surface area contributed by atoms with Gasteiger partial charge in [-0.2, -0.15) is 0 Å². The molecule has 1 fully saturated rings. The molecule has 2 aromatic carbocycles. The summed E-state index contributed by atoms with van der Waals surface area (Å²) in [6.07, 6.45) is 0. The van der Waals surface area contributed by atoms with Gasteiger partial charge in [-0.1, -0.05) is 6.07 Å². The number of amides is 1. The minimum absolute atomic E-state index is 0.128. The number of anilines is 1.